The number of hydrogen-bond acceptors (Lipinski definition) is 3. The van der Waals surface area contributed by atoms with Gasteiger partial charge in [-0.25, -0.2) is 0 Å². The Hall–Kier alpha value is -1.52. The highest BCUT2D eigenvalue weighted by Crippen LogP contribution is 2.24. The lowest BCUT2D eigenvalue weighted by Crippen LogP contribution is -2.90. The maximum atomic E-state index is 5.80. The Morgan fingerprint density at radius 2 is 2.09 bits per heavy atom. The van der Waals surface area contributed by atoms with E-state index in [1.807, 2.05) is 24.3 Å². The molecule has 0 bridgehead atoms. The third-order valence-electron chi connectivity index (χ3n) is 3.59. The number of allylic oxidation sites excluding steroid dienone is 1. The van der Waals surface area contributed by atoms with Crippen LogP contribution in [0.2, 0.25) is 0 Å². The fourth-order valence-corrected chi connectivity index (χ4v) is 2.05. The minimum atomic E-state index is 0.555. The molecule has 0 fully saturated rings. The quantitative estimate of drug-likeness (QED) is 0.475. The van der Waals surface area contributed by atoms with Crippen molar-refractivity contribution in [3.8, 4) is 11.5 Å². The fraction of sp³-hybridized carbons (Fsp3) is 0.556. The summed E-state index contributed by atoms with van der Waals surface area (Å²) in [5.74, 6) is 1.71. The van der Waals surface area contributed by atoms with Crippen LogP contribution in [-0.2, 0) is 11.2 Å². The molecule has 1 rings (SSSR count). The van der Waals surface area contributed by atoms with Gasteiger partial charge in [-0.1, -0.05) is 13.0 Å². The van der Waals surface area contributed by atoms with E-state index in [2.05, 4.69) is 25.7 Å². The van der Waals surface area contributed by atoms with Crippen molar-refractivity contribution in [2.24, 2.45) is 0 Å². The average Bonchev–Trinajstić information content (AvgIpc) is 2.54. The van der Waals surface area contributed by atoms with Crippen LogP contribution in [0.4, 0.5) is 0 Å². The highest BCUT2D eigenvalue weighted by molar-refractivity contribution is 5.41. The molecule has 1 aromatic rings. The number of methoxy groups -OCH3 is 1. The molecule has 0 heterocycles. The van der Waals surface area contributed by atoms with Crippen LogP contribution in [0.25, 0.3) is 0 Å². The van der Waals surface area contributed by atoms with Gasteiger partial charge < -0.3 is 19.5 Å². The van der Waals surface area contributed by atoms with Crippen LogP contribution in [0.5, 0.6) is 11.5 Å². The van der Waals surface area contributed by atoms with Gasteiger partial charge in [0, 0.05) is 5.56 Å². The molecule has 4 heteroatoms. The number of quaternary nitrogens is 1. The number of benzene rings is 1. The van der Waals surface area contributed by atoms with Crippen LogP contribution in [0.3, 0.4) is 0 Å². The average molecular weight is 308 g/mol. The lowest BCUT2D eigenvalue weighted by atomic mass is 10.1. The maximum Gasteiger partial charge on any atom is 0.123 e. The smallest absolute Gasteiger partial charge is 0.123 e. The summed E-state index contributed by atoms with van der Waals surface area (Å²) < 4.78 is 16.6. The van der Waals surface area contributed by atoms with Gasteiger partial charge in [-0.15, -0.1) is 6.58 Å². The number of nitrogens with two attached hydrogens (primary N) is 1. The van der Waals surface area contributed by atoms with E-state index in [1.54, 1.807) is 7.11 Å². The minimum Gasteiger partial charge on any atom is -0.497 e. The molecule has 0 radical (unpaired) electrons. The molecule has 4 nitrogen and oxygen atoms in total. The van der Waals surface area contributed by atoms with E-state index in [4.69, 9.17) is 14.2 Å². The van der Waals surface area contributed by atoms with Crippen molar-refractivity contribution in [1.29, 1.82) is 0 Å². The van der Waals surface area contributed by atoms with E-state index in [9.17, 15) is 0 Å². The van der Waals surface area contributed by atoms with Gasteiger partial charge in [0.25, 0.3) is 0 Å². The van der Waals surface area contributed by atoms with Crippen molar-refractivity contribution in [3.05, 3.63) is 36.4 Å². The van der Waals surface area contributed by atoms with Gasteiger partial charge in [0.15, 0.2) is 0 Å². The van der Waals surface area contributed by atoms with Crippen LogP contribution >= 0.6 is 0 Å². The summed E-state index contributed by atoms with van der Waals surface area (Å²) in [4.78, 5) is 0. The lowest BCUT2D eigenvalue weighted by Gasteiger charge is -2.12. The molecule has 2 N–H and O–H groups in total. The standard InChI is InChI=1S/C18H29NO3/c1-5-7-16-14-17(20-4)8-9-18(16)22-13-12-21-11-10-19-15(3)6-2/h5,8-9,14-15,19H,1,6-7,10-13H2,2-4H3/p+1/t15-/m0/s1. The molecular formula is C18H30NO3+. The first-order valence-electron chi connectivity index (χ1n) is 8.02. The van der Waals surface area contributed by atoms with E-state index in [0.29, 0.717) is 19.3 Å². The molecule has 0 aliphatic heterocycles. The SMILES string of the molecule is C=CCc1cc(OC)ccc1OCCOCC[NH2+][C@@H](C)CC. The van der Waals surface area contributed by atoms with E-state index >= 15 is 0 Å². The first-order valence-corrected chi connectivity index (χ1v) is 8.02. The maximum absolute atomic E-state index is 5.80. The third kappa shape index (κ3) is 6.96. The van der Waals surface area contributed by atoms with Crippen LogP contribution in [0.1, 0.15) is 25.8 Å². The molecule has 0 saturated carbocycles. The Kier molecular flexibility index (Phi) is 9.35. The third-order valence-corrected chi connectivity index (χ3v) is 3.59. The van der Waals surface area contributed by atoms with Gasteiger partial charge in [-0.2, -0.15) is 0 Å². The Morgan fingerprint density at radius 1 is 1.27 bits per heavy atom. The molecule has 1 aromatic carbocycles. The summed E-state index contributed by atoms with van der Waals surface area (Å²) in [5, 5.41) is 2.31. The van der Waals surface area contributed by atoms with Crippen LogP contribution < -0.4 is 14.8 Å². The van der Waals surface area contributed by atoms with Gasteiger partial charge in [0.2, 0.25) is 0 Å². The van der Waals surface area contributed by atoms with E-state index in [-0.39, 0.29) is 0 Å². The molecule has 22 heavy (non-hydrogen) atoms. The summed E-state index contributed by atoms with van der Waals surface area (Å²) in [6, 6.07) is 6.50. The summed E-state index contributed by atoms with van der Waals surface area (Å²) in [6.07, 6.45) is 3.81. The van der Waals surface area contributed by atoms with Gasteiger partial charge in [0.05, 0.1) is 32.9 Å². The first-order chi connectivity index (χ1) is 10.7. The molecule has 1 atom stereocenters. The lowest BCUT2D eigenvalue weighted by molar-refractivity contribution is -0.687. The zero-order valence-electron chi connectivity index (χ0n) is 14.1. The second-order valence-corrected chi connectivity index (χ2v) is 5.34. The summed E-state index contributed by atoms with van der Waals surface area (Å²) in [7, 11) is 1.66. The molecule has 0 aliphatic rings. The molecule has 0 amide bonds. The highest BCUT2D eigenvalue weighted by Gasteiger charge is 2.05. The summed E-state index contributed by atoms with van der Waals surface area (Å²) in [6.45, 7) is 11.1. The predicted octanol–water partition coefficient (Wildman–Crippen LogP) is 2.18. The molecule has 0 spiro atoms. The van der Waals surface area contributed by atoms with Crippen molar-refractivity contribution in [1.82, 2.24) is 0 Å². The molecule has 0 aromatic heterocycles. The Labute approximate surface area is 134 Å². The zero-order valence-corrected chi connectivity index (χ0v) is 14.1. The molecule has 124 valence electrons. The van der Waals surface area contributed by atoms with Crippen molar-refractivity contribution in [2.75, 3.05) is 33.5 Å². The summed E-state index contributed by atoms with van der Waals surface area (Å²) in [5.41, 5.74) is 1.08. The molecule has 0 unspecified atom stereocenters. The molecule has 0 aliphatic carbocycles. The van der Waals surface area contributed by atoms with E-state index in [1.165, 1.54) is 6.42 Å². The second-order valence-electron chi connectivity index (χ2n) is 5.34. The highest BCUT2D eigenvalue weighted by atomic mass is 16.5. The zero-order chi connectivity index (χ0) is 16.2. The fourth-order valence-electron chi connectivity index (χ4n) is 2.05. The molecule has 0 saturated heterocycles. The van der Waals surface area contributed by atoms with Crippen LogP contribution in [0, 0.1) is 0 Å². The van der Waals surface area contributed by atoms with Crippen molar-refractivity contribution in [3.63, 3.8) is 0 Å². The van der Waals surface area contributed by atoms with Gasteiger partial charge in [-0.05, 0) is 38.0 Å². The number of hydrogen-bond donors (Lipinski definition) is 1. The Morgan fingerprint density at radius 3 is 2.77 bits per heavy atom. The summed E-state index contributed by atoms with van der Waals surface area (Å²) >= 11 is 0. The predicted molar refractivity (Wildman–Crippen MR) is 89.8 cm³/mol. The number of ether oxygens (including phenoxy) is 3. The van der Waals surface area contributed by atoms with Crippen molar-refractivity contribution >= 4 is 0 Å². The van der Waals surface area contributed by atoms with Gasteiger partial charge >= 0.3 is 0 Å². The van der Waals surface area contributed by atoms with Crippen molar-refractivity contribution < 1.29 is 19.5 Å². The Balaban J connectivity index is 2.28. The second kappa shape index (κ2) is 11.1. The normalized spacial score (nSPS) is 12.0. The van der Waals surface area contributed by atoms with Gasteiger partial charge in [-0.3, -0.25) is 0 Å². The topological polar surface area (TPSA) is 44.3 Å². The largest absolute Gasteiger partial charge is 0.497 e. The van der Waals surface area contributed by atoms with E-state index < -0.39 is 0 Å². The Bertz CT molecular complexity index is 434. The minimum absolute atomic E-state index is 0.555. The monoisotopic (exact) mass is 308 g/mol. The molecular weight excluding hydrogens is 278 g/mol. The number of rotatable bonds is 12. The van der Waals surface area contributed by atoms with Crippen LogP contribution in [-0.4, -0.2) is 39.5 Å². The van der Waals surface area contributed by atoms with Crippen molar-refractivity contribution in [2.45, 2.75) is 32.7 Å². The first kappa shape index (κ1) is 18.5. The van der Waals surface area contributed by atoms with Gasteiger partial charge in [0.1, 0.15) is 18.1 Å². The van der Waals surface area contributed by atoms with E-state index in [0.717, 1.165) is 36.6 Å². The van der Waals surface area contributed by atoms with Crippen LogP contribution in [0.15, 0.2) is 30.9 Å².